The number of aromatic nitrogens is 2. The van der Waals surface area contributed by atoms with Crippen molar-refractivity contribution in [1.82, 2.24) is 9.55 Å². The fourth-order valence-corrected chi connectivity index (χ4v) is 4.70. The number of ketones is 1. The zero-order valence-electron chi connectivity index (χ0n) is 20.7. The van der Waals surface area contributed by atoms with Gasteiger partial charge in [-0.05, 0) is 57.0 Å². The first-order chi connectivity index (χ1) is 17.4. The number of fused-ring (bicyclic) bond motifs is 1. The summed E-state index contributed by atoms with van der Waals surface area (Å²) in [6.07, 6.45) is 4.59. The Bertz CT molecular complexity index is 1300. The van der Waals surface area contributed by atoms with Gasteiger partial charge in [-0.3, -0.25) is 14.3 Å². The molecule has 0 amide bonds. The lowest BCUT2D eigenvalue weighted by atomic mass is 9.98. The third-order valence-electron chi connectivity index (χ3n) is 5.17. The number of aliphatic carboxylic acids is 2. The van der Waals surface area contributed by atoms with Crippen molar-refractivity contribution in [1.29, 1.82) is 0 Å². The highest BCUT2D eigenvalue weighted by Crippen LogP contribution is 2.35. The molecule has 4 rings (SSSR count). The normalized spacial score (nSPS) is 15.0. The lowest BCUT2D eigenvalue weighted by Crippen LogP contribution is -2.27. The minimum atomic E-state index is -1.82. The predicted molar refractivity (Wildman–Crippen MR) is 137 cm³/mol. The molecule has 1 atom stereocenters. The second-order valence-electron chi connectivity index (χ2n) is 9.02. The second kappa shape index (κ2) is 11.3. The van der Waals surface area contributed by atoms with Crippen molar-refractivity contribution in [2.24, 2.45) is 5.92 Å². The molecule has 0 saturated carbocycles. The van der Waals surface area contributed by atoms with Gasteiger partial charge in [0.15, 0.2) is 5.78 Å². The summed E-state index contributed by atoms with van der Waals surface area (Å²) in [4.78, 5) is 48.7. The van der Waals surface area contributed by atoms with Crippen LogP contribution in [0.15, 0.2) is 48.9 Å². The zero-order chi connectivity index (χ0) is 27.3. The molecule has 3 aromatic rings. The molecule has 1 unspecified atom stereocenters. The van der Waals surface area contributed by atoms with E-state index in [9.17, 15) is 9.59 Å². The van der Waals surface area contributed by atoms with Crippen LogP contribution in [0.2, 0.25) is 0 Å². The van der Waals surface area contributed by atoms with Gasteiger partial charge in [0.1, 0.15) is 11.4 Å². The van der Waals surface area contributed by atoms with Gasteiger partial charge in [-0.2, -0.15) is 0 Å². The van der Waals surface area contributed by atoms with E-state index in [1.165, 1.54) is 4.57 Å². The molecule has 1 saturated heterocycles. The van der Waals surface area contributed by atoms with Crippen LogP contribution in [0.25, 0.3) is 10.9 Å². The van der Waals surface area contributed by atoms with Gasteiger partial charge in [0.2, 0.25) is 0 Å². The van der Waals surface area contributed by atoms with E-state index in [1.807, 2.05) is 39.0 Å². The highest BCUT2D eigenvalue weighted by atomic mass is 32.2. The molecule has 0 bridgehead atoms. The van der Waals surface area contributed by atoms with Crippen LogP contribution in [0, 0.1) is 5.92 Å². The Labute approximate surface area is 217 Å². The molecular weight excluding hydrogens is 502 g/mol. The average Bonchev–Trinajstić information content (AvgIpc) is 3.49. The first-order valence-corrected chi connectivity index (χ1v) is 12.1. The molecule has 11 nitrogen and oxygen atoms in total. The largest absolute Gasteiger partial charge is 0.497 e. The van der Waals surface area contributed by atoms with E-state index in [2.05, 4.69) is 9.29 Å². The third kappa shape index (κ3) is 6.79. The van der Waals surface area contributed by atoms with Crippen LogP contribution in [-0.4, -0.2) is 68.6 Å². The van der Waals surface area contributed by atoms with Gasteiger partial charge in [-0.1, -0.05) is 0 Å². The van der Waals surface area contributed by atoms with Crippen molar-refractivity contribution in [2.45, 2.75) is 26.4 Å². The van der Waals surface area contributed by atoms with E-state index in [-0.39, 0.29) is 11.7 Å². The first kappa shape index (κ1) is 27.5. The molecule has 3 heterocycles. The number of hydrogen-bond acceptors (Lipinski definition) is 9. The second-order valence-corrected chi connectivity index (χ2v) is 10.0. The minimum absolute atomic E-state index is 0.0105. The number of rotatable bonds is 4. The van der Waals surface area contributed by atoms with E-state index < -0.39 is 23.6 Å². The number of nitrogens with zero attached hydrogens (tertiary/aromatic N) is 3. The van der Waals surface area contributed by atoms with Crippen LogP contribution in [-0.2, 0) is 14.3 Å². The molecule has 12 heteroatoms. The number of carboxylic acid groups (broad SMARTS) is 2. The molecule has 0 radical (unpaired) electrons. The van der Waals surface area contributed by atoms with E-state index in [0.29, 0.717) is 34.5 Å². The van der Waals surface area contributed by atoms with Crippen molar-refractivity contribution >= 4 is 52.4 Å². The summed E-state index contributed by atoms with van der Waals surface area (Å²) in [5.41, 5.74) is 1.43. The summed E-state index contributed by atoms with van der Waals surface area (Å²) in [5.74, 6) is -2.55. The Morgan fingerprint density at radius 3 is 2.38 bits per heavy atom. The van der Waals surface area contributed by atoms with Gasteiger partial charge < -0.3 is 24.0 Å². The molecular formula is C25H27N3O8S. The number of carbonyl (C=O) groups is 4. The predicted octanol–water partition coefficient (Wildman–Crippen LogP) is 3.95. The van der Waals surface area contributed by atoms with Crippen molar-refractivity contribution in [3.05, 3.63) is 54.5 Å². The molecule has 2 aromatic heterocycles. The highest BCUT2D eigenvalue weighted by molar-refractivity contribution is 8.00. The fraction of sp³-hybridized carbons (Fsp3) is 0.320. The Hall–Kier alpha value is -4.06. The molecule has 2 N–H and O–H groups in total. The molecule has 37 heavy (non-hydrogen) atoms. The molecule has 0 aliphatic carbocycles. The van der Waals surface area contributed by atoms with Crippen LogP contribution < -0.4 is 9.04 Å². The number of carbonyl (C=O) groups excluding carboxylic acids is 2. The minimum Gasteiger partial charge on any atom is -0.497 e. The van der Waals surface area contributed by atoms with E-state index >= 15 is 0 Å². The van der Waals surface area contributed by atoms with Crippen LogP contribution in [0.4, 0.5) is 10.5 Å². The summed E-state index contributed by atoms with van der Waals surface area (Å²) in [7, 11) is 1.57. The van der Waals surface area contributed by atoms with Crippen molar-refractivity contribution in [3.63, 3.8) is 0 Å². The van der Waals surface area contributed by atoms with Crippen LogP contribution >= 0.6 is 11.9 Å². The van der Waals surface area contributed by atoms with Gasteiger partial charge in [-0.25, -0.2) is 14.4 Å². The average molecular weight is 530 g/mol. The number of ether oxygens (including phenoxy) is 2. The summed E-state index contributed by atoms with van der Waals surface area (Å²) in [6.45, 7) is 6.02. The molecule has 1 aliphatic heterocycles. The number of Topliss-reactive ketones (excluding diaryl/α,β-unsaturated/α-hetero) is 1. The van der Waals surface area contributed by atoms with E-state index in [1.54, 1.807) is 49.8 Å². The van der Waals surface area contributed by atoms with Gasteiger partial charge in [0.05, 0.1) is 30.4 Å². The summed E-state index contributed by atoms with van der Waals surface area (Å²) in [6, 6.07) is 9.23. The quantitative estimate of drug-likeness (QED) is 0.287. The molecule has 196 valence electrons. The number of benzene rings is 1. The number of carboxylic acids is 2. The third-order valence-corrected chi connectivity index (χ3v) is 6.40. The summed E-state index contributed by atoms with van der Waals surface area (Å²) in [5, 5.41) is 15.5. The maximum Gasteiger partial charge on any atom is 0.419 e. The SMILES string of the molecule is COc1ccc2c(C(=O)C3CSN(c4cccnc4)C3)cn(C(=O)OC(C)(C)C)c2c1.O=C(O)C(=O)O. The van der Waals surface area contributed by atoms with Crippen molar-refractivity contribution < 1.29 is 38.9 Å². The van der Waals surface area contributed by atoms with Gasteiger partial charge in [-0.15, -0.1) is 0 Å². The molecule has 1 fully saturated rings. The molecule has 1 aliphatic rings. The molecule has 1 aromatic carbocycles. The monoisotopic (exact) mass is 529 g/mol. The number of anilines is 1. The Balaban J connectivity index is 0.000000568. The van der Waals surface area contributed by atoms with Gasteiger partial charge in [0, 0.05) is 41.7 Å². The van der Waals surface area contributed by atoms with Gasteiger partial charge in [0.25, 0.3) is 0 Å². The lowest BCUT2D eigenvalue weighted by molar-refractivity contribution is -0.159. The van der Waals surface area contributed by atoms with Crippen LogP contribution in [0.1, 0.15) is 31.1 Å². The summed E-state index contributed by atoms with van der Waals surface area (Å²) >= 11 is 1.61. The van der Waals surface area contributed by atoms with Crippen molar-refractivity contribution in [3.8, 4) is 5.75 Å². The topological polar surface area (TPSA) is 148 Å². The van der Waals surface area contributed by atoms with Gasteiger partial charge >= 0.3 is 18.0 Å². The van der Waals surface area contributed by atoms with Crippen LogP contribution in [0.3, 0.4) is 0 Å². The maximum absolute atomic E-state index is 13.5. The Morgan fingerprint density at radius 1 is 1.11 bits per heavy atom. The lowest BCUT2D eigenvalue weighted by Gasteiger charge is -2.19. The standard InChI is InChI=1S/C23H25N3O4S.C2H2O4/c1-23(2,3)30-22(28)25-13-19(18-8-7-17(29-4)10-20(18)25)21(27)15-12-26(31-14-15)16-6-5-9-24-11-16;3-1(4)2(5)6/h5-11,13,15H,12,14H2,1-4H3;(H,3,4)(H,5,6). The Kier molecular flexibility index (Phi) is 8.43. The molecule has 0 spiro atoms. The van der Waals surface area contributed by atoms with Crippen LogP contribution in [0.5, 0.6) is 5.75 Å². The maximum atomic E-state index is 13.5. The number of pyridine rings is 1. The Morgan fingerprint density at radius 2 is 1.81 bits per heavy atom. The number of methoxy groups -OCH3 is 1. The van der Waals surface area contributed by atoms with E-state index in [0.717, 1.165) is 5.69 Å². The van der Waals surface area contributed by atoms with E-state index in [4.69, 9.17) is 29.3 Å². The number of hydrogen-bond donors (Lipinski definition) is 2. The zero-order valence-corrected chi connectivity index (χ0v) is 21.5. The first-order valence-electron chi connectivity index (χ1n) is 11.1. The highest BCUT2D eigenvalue weighted by Gasteiger charge is 2.33. The van der Waals surface area contributed by atoms with Crippen molar-refractivity contribution in [2.75, 3.05) is 23.7 Å². The smallest absolute Gasteiger partial charge is 0.419 e. The summed E-state index contributed by atoms with van der Waals surface area (Å²) < 4.78 is 14.4. The fourth-order valence-electron chi connectivity index (χ4n) is 3.54.